The summed E-state index contributed by atoms with van der Waals surface area (Å²) < 4.78 is 50.1. The molecule has 1 aromatic carbocycles. The minimum absolute atomic E-state index is 0.00141. The highest BCUT2D eigenvalue weighted by atomic mass is 32.2. The Morgan fingerprint density at radius 3 is 2.44 bits per heavy atom. The molecule has 144 valence electrons. The highest BCUT2D eigenvalue weighted by Crippen LogP contribution is 2.18. The number of nitrogens with one attached hydrogen (secondary N) is 2. The van der Waals surface area contributed by atoms with Gasteiger partial charge >= 0.3 is 0 Å². The molecule has 2 N–H and O–H groups in total. The normalized spacial score (nSPS) is 18.9. The molecule has 0 unspecified atom stereocenters. The van der Waals surface area contributed by atoms with Gasteiger partial charge in [0, 0.05) is 17.4 Å². The van der Waals surface area contributed by atoms with Gasteiger partial charge in [-0.25, -0.2) is 26.5 Å². The molecule has 10 heteroatoms. The number of anilines is 1. The largest absolute Gasteiger partial charge is 0.321 e. The van der Waals surface area contributed by atoms with Crippen molar-refractivity contribution in [3.05, 3.63) is 53.9 Å². The maximum Gasteiger partial charge on any atom is 0.274 e. The predicted octanol–water partition coefficient (Wildman–Crippen LogP) is 1.11. The Morgan fingerprint density at radius 1 is 1.15 bits per heavy atom. The van der Waals surface area contributed by atoms with Gasteiger partial charge in [-0.05, 0) is 49.7 Å². The fourth-order valence-corrected chi connectivity index (χ4v) is 5.81. The summed E-state index contributed by atoms with van der Waals surface area (Å²) >= 11 is 0. The maximum absolute atomic E-state index is 12.4. The predicted molar refractivity (Wildman–Crippen MR) is 101 cm³/mol. The van der Waals surface area contributed by atoms with Gasteiger partial charge in [0.25, 0.3) is 5.91 Å². The molecular weight excluding hydrogens is 390 g/mol. The fourth-order valence-electron chi connectivity index (χ4n) is 2.76. The Labute approximate surface area is 158 Å². The average Bonchev–Trinajstić information content (AvgIpc) is 2.93. The Bertz CT molecular complexity index is 1060. The van der Waals surface area contributed by atoms with E-state index in [0.29, 0.717) is 11.4 Å². The summed E-state index contributed by atoms with van der Waals surface area (Å²) in [6, 6.07) is 10.1. The number of benzene rings is 1. The Balaban J connectivity index is 1.68. The fraction of sp³-hybridized carbons (Fsp3) is 0.294. The van der Waals surface area contributed by atoms with Crippen molar-refractivity contribution < 1.29 is 21.6 Å². The topological polar surface area (TPSA) is 122 Å². The highest BCUT2D eigenvalue weighted by molar-refractivity contribution is 7.92. The molecule has 8 nitrogen and oxygen atoms in total. The van der Waals surface area contributed by atoms with E-state index in [2.05, 4.69) is 15.0 Å². The van der Waals surface area contributed by atoms with Crippen molar-refractivity contribution in [3.8, 4) is 0 Å². The zero-order valence-corrected chi connectivity index (χ0v) is 16.2. The van der Waals surface area contributed by atoms with E-state index < -0.39 is 31.8 Å². The summed E-state index contributed by atoms with van der Waals surface area (Å²) in [7, 11) is -7.02. The van der Waals surface area contributed by atoms with Gasteiger partial charge in [0.15, 0.2) is 9.84 Å². The van der Waals surface area contributed by atoms with Gasteiger partial charge in [0.1, 0.15) is 5.69 Å². The number of aromatic nitrogens is 1. The van der Waals surface area contributed by atoms with Crippen LogP contribution in [0.5, 0.6) is 0 Å². The van der Waals surface area contributed by atoms with E-state index in [9.17, 15) is 21.6 Å². The average molecular weight is 409 g/mol. The number of hydrogen-bond acceptors (Lipinski definition) is 6. The van der Waals surface area contributed by atoms with Crippen molar-refractivity contribution >= 4 is 31.5 Å². The first-order valence-corrected chi connectivity index (χ1v) is 11.5. The molecule has 0 radical (unpaired) electrons. The maximum atomic E-state index is 12.4. The zero-order chi connectivity index (χ0) is 19.7. The van der Waals surface area contributed by atoms with E-state index in [1.807, 2.05) is 0 Å². The van der Waals surface area contributed by atoms with Crippen molar-refractivity contribution in [2.75, 3.05) is 16.8 Å². The molecule has 1 amide bonds. The van der Waals surface area contributed by atoms with Crippen molar-refractivity contribution in [3.63, 3.8) is 0 Å². The van der Waals surface area contributed by atoms with Crippen LogP contribution in [0, 0.1) is 6.92 Å². The molecule has 0 bridgehead atoms. The van der Waals surface area contributed by atoms with E-state index >= 15 is 0 Å². The molecule has 0 spiro atoms. The Morgan fingerprint density at radius 2 is 1.85 bits per heavy atom. The van der Waals surface area contributed by atoms with E-state index in [4.69, 9.17) is 0 Å². The minimum atomic E-state index is -3.84. The van der Waals surface area contributed by atoms with E-state index in [0.717, 1.165) is 0 Å². The van der Waals surface area contributed by atoms with Crippen molar-refractivity contribution in [2.24, 2.45) is 0 Å². The van der Waals surface area contributed by atoms with E-state index in [1.165, 1.54) is 24.3 Å². The molecule has 1 fully saturated rings. The molecule has 3 rings (SSSR count). The van der Waals surface area contributed by atoms with Crippen molar-refractivity contribution in [2.45, 2.75) is 24.3 Å². The smallest absolute Gasteiger partial charge is 0.274 e. The van der Waals surface area contributed by atoms with Crippen LogP contribution < -0.4 is 10.0 Å². The summed E-state index contributed by atoms with van der Waals surface area (Å²) in [6.45, 7) is 1.78. The number of hydrogen-bond donors (Lipinski definition) is 2. The third-order valence-corrected chi connectivity index (χ3v) is 7.40. The molecule has 1 saturated heterocycles. The van der Waals surface area contributed by atoms with Crippen LogP contribution in [-0.4, -0.2) is 45.3 Å². The first-order chi connectivity index (χ1) is 12.6. The van der Waals surface area contributed by atoms with Gasteiger partial charge in [-0.2, -0.15) is 0 Å². The van der Waals surface area contributed by atoms with Gasteiger partial charge in [-0.15, -0.1) is 0 Å². The van der Waals surface area contributed by atoms with Crippen LogP contribution in [0.25, 0.3) is 0 Å². The van der Waals surface area contributed by atoms with Gasteiger partial charge in [0.2, 0.25) is 10.0 Å². The molecule has 1 aromatic heterocycles. The lowest BCUT2D eigenvalue weighted by molar-refractivity contribution is 0.102. The number of rotatable bonds is 5. The highest BCUT2D eigenvalue weighted by Gasteiger charge is 2.31. The summed E-state index contributed by atoms with van der Waals surface area (Å²) in [5, 5.41) is 2.65. The lowest BCUT2D eigenvalue weighted by Crippen LogP contribution is -2.35. The van der Waals surface area contributed by atoms with E-state index in [-0.39, 0.29) is 28.5 Å². The summed E-state index contributed by atoms with van der Waals surface area (Å²) in [5.74, 6) is -0.606. The molecule has 0 saturated carbocycles. The van der Waals surface area contributed by atoms with Crippen LogP contribution in [0.15, 0.2) is 47.4 Å². The van der Waals surface area contributed by atoms with Gasteiger partial charge in [0.05, 0.1) is 16.4 Å². The zero-order valence-electron chi connectivity index (χ0n) is 14.5. The van der Waals surface area contributed by atoms with Crippen LogP contribution >= 0.6 is 0 Å². The number of carbonyl (C=O) groups excluding carboxylic acids is 1. The minimum Gasteiger partial charge on any atom is -0.321 e. The molecule has 1 atom stereocenters. The number of sulfonamides is 1. The number of carbonyl (C=O) groups is 1. The Hall–Kier alpha value is -2.30. The summed E-state index contributed by atoms with van der Waals surface area (Å²) in [5.41, 5.74) is 1.39. The lowest BCUT2D eigenvalue weighted by atomic mass is 10.2. The standard InChI is InChI=1S/C17H19N3O5S2/c1-12-3-2-4-16(18-12)17(21)19-13-5-7-15(8-6-13)27(24,25)20-14-9-10-26(22,23)11-14/h2-8,14,20H,9-11H2,1H3,(H,19,21)/t14-/m1/s1. The third kappa shape index (κ3) is 4.90. The number of pyridine rings is 1. The van der Waals surface area contributed by atoms with Crippen LogP contribution in [0.1, 0.15) is 22.6 Å². The van der Waals surface area contributed by atoms with Crippen LogP contribution in [0.4, 0.5) is 5.69 Å². The summed E-state index contributed by atoms with van der Waals surface area (Å²) in [4.78, 5) is 16.3. The van der Waals surface area contributed by atoms with Crippen molar-refractivity contribution in [1.29, 1.82) is 0 Å². The number of aryl methyl sites for hydroxylation is 1. The van der Waals surface area contributed by atoms with Crippen LogP contribution in [0.2, 0.25) is 0 Å². The molecule has 27 heavy (non-hydrogen) atoms. The lowest BCUT2D eigenvalue weighted by Gasteiger charge is -2.12. The molecule has 0 aliphatic carbocycles. The number of sulfone groups is 1. The number of nitrogens with zero attached hydrogens (tertiary/aromatic N) is 1. The second-order valence-corrected chi connectivity index (χ2v) is 10.3. The van der Waals surface area contributed by atoms with E-state index in [1.54, 1.807) is 25.1 Å². The molecule has 2 aromatic rings. The van der Waals surface area contributed by atoms with Crippen molar-refractivity contribution in [1.82, 2.24) is 9.71 Å². The number of amides is 1. The second kappa shape index (κ2) is 7.37. The van der Waals surface area contributed by atoms with Gasteiger partial charge in [-0.1, -0.05) is 6.07 Å². The molecule has 1 aliphatic rings. The molecule has 1 aliphatic heterocycles. The quantitative estimate of drug-likeness (QED) is 0.763. The Kier molecular flexibility index (Phi) is 5.31. The molecule has 2 heterocycles. The molecular formula is C17H19N3O5S2. The summed E-state index contributed by atoms with van der Waals surface area (Å²) in [6.07, 6.45) is 0.263. The van der Waals surface area contributed by atoms with Gasteiger partial charge in [-0.3, -0.25) is 4.79 Å². The van der Waals surface area contributed by atoms with Gasteiger partial charge < -0.3 is 5.32 Å². The first-order valence-electron chi connectivity index (χ1n) is 8.22. The monoisotopic (exact) mass is 409 g/mol. The third-order valence-electron chi connectivity index (χ3n) is 4.10. The SMILES string of the molecule is Cc1cccc(C(=O)Nc2ccc(S(=O)(=O)N[C@@H]3CCS(=O)(=O)C3)cc2)n1. The van der Waals surface area contributed by atoms with Crippen LogP contribution in [0.3, 0.4) is 0 Å². The van der Waals surface area contributed by atoms with Crippen LogP contribution in [-0.2, 0) is 19.9 Å². The first kappa shape index (κ1) is 19.5. The second-order valence-electron chi connectivity index (χ2n) is 6.36.